The molecule has 0 aliphatic rings. The van der Waals surface area contributed by atoms with Gasteiger partial charge in [-0.05, 0) is 67.8 Å². The highest BCUT2D eigenvalue weighted by Gasteiger charge is 2.01. The molecule has 0 saturated heterocycles. The van der Waals surface area contributed by atoms with Gasteiger partial charge in [0.2, 0.25) is 0 Å². The Bertz CT molecular complexity index is 1130. The maximum Gasteiger partial charge on any atom is 0.267 e. The number of aliphatic hydroxyl groups excluding tert-OH is 2. The zero-order valence-electron chi connectivity index (χ0n) is 24.0. The molecular formula is C25H46N6O10S2. The van der Waals surface area contributed by atoms with Crippen LogP contribution in [0.2, 0.25) is 0 Å². The molecule has 0 amide bonds. The van der Waals surface area contributed by atoms with Crippen molar-refractivity contribution in [1.29, 1.82) is 10.8 Å². The summed E-state index contributed by atoms with van der Waals surface area (Å²) < 4.78 is 65.5. The number of aliphatic hydroxyl groups is 2. The first-order chi connectivity index (χ1) is 19.2. The van der Waals surface area contributed by atoms with Gasteiger partial charge in [-0.1, -0.05) is 0 Å². The Labute approximate surface area is 253 Å². The van der Waals surface area contributed by atoms with Crippen molar-refractivity contribution in [3.63, 3.8) is 0 Å². The summed E-state index contributed by atoms with van der Waals surface area (Å²) >= 11 is 0. The Morgan fingerprint density at radius 2 is 0.930 bits per heavy atom. The maximum atomic E-state index is 9.63. The van der Waals surface area contributed by atoms with Gasteiger partial charge >= 0.3 is 0 Å². The summed E-state index contributed by atoms with van der Waals surface area (Å²) in [6.45, 7) is 6.23. The van der Waals surface area contributed by atoms with Gasteiger partial charge in [0.25, 0.3) is 20.2 Å². The van der Waals surface area contributed by atoms with Crippen LogP contribution in [0.1, 0.15) is 30.4 Å². The van der Waals surface area contributed by atoms with Gasteiger partial charge in [-0.25, -0.2) is 0 Å². The molecular weight excluding hydrogens is 608 g/mol. The highest BCUT2D eigenvalue weighted by Crippen LogP contribution is 2.14. The number of nitrogens with two attached hydrogens (primary N) is 2. The monoisotopic (exact) mass is 654 g/mol. The van der Waals surface area contributed by atoms with Gasteiger partial charge in [-0.3, -0.25) is 19.9 Å². The maximum absolute atomic E-state index is 9.63. The zero-order valence-corrected chi connectivity index (χ0v) is 25.7. The second-order valence-electron chi connectivity index (χ2n) is 7.65. The fourth-order valence-electron chi connectivity index (χ4n) is 2.45. The lowest BCUT2D eigenvalue weighted by atomic mass is 10.2. The fourth-order valence-corrected chi connectivity index (χ4v) is 2.91. The molecule has 0 aromatic heterocycles. The topological polar surface area (TPSA) is 337 Å². The van der Waals surface area contributed by atoms with Crippen molar-refractivity contribution in [2.75, 3.05) is 37.9 Å². The summed E-state index contributed by atoms with van der Waals surface area (Å²) in [7, 11) is -7.85. The second kappa shape index (κ2) is 26.0. The molecule has 2 aromatic carbocycles. The van der Waals surface area contributed by atoms with Crippen LogP contribution in [0.15, 0.2) is 61.7 Å². The third kappa shape index (κ3) is 28.3. The van der Waals surface area contributed by atoms with E-state index in [2.05, 4.69) is 13.2 Å². The van der Waals surface area contributed by atoms with Crippen LogP contribution in [0, 0.1) is 10.8 Å². The van der Waals surface area contributed by atoms with Crippen molar-refractivity contribution in [3.05, 3.63) is 72.8 Å². The molecule has 0 saturated carbocycles. The molecule has 18 heteroatoms. The first-order valence-corrected chi connectivity index (χ1v) is 15.2. The third-order valence-electron chi connectivity index (χ3n) is 4.36. The van der Waals surface area contributed by atoms with E-state index in [0.717, 1.165) is 30.8 Å². The van der Waals surface area contributed by atoms with Crippen LogP contribution in [-0.2, 0) is 20.2 Å². The van der Waals surface area contributed by atoms with Crippen molar-refractivity contribution in [2.24, 2.45) is 11.5 Å². The van der Waals surface area contributed by atoms with Crippen LogP contribution in [0.4, 0.5) is 0 Å². The standard InChI is InChI=1S/C19H24N4O2.2C2H6O4S.C2H4.2H3N/c20-18(21)14-4-8-16(9-5-14)24-12-2-1-3-13-25-17-10-6-15(7-11-17)19(22)23;2*3-1-2-7(4,5)6;1-2;;/h4-11H,1-3,12-13H2,(H3,20,21)(H3,22,23);2*3H,1-2H2,(H,4,5,6);1-2H2;2*1H3. The molecule has 248 valence electrons. The van der Waals surface area contributed by atoms with Gasteiger partial charge in [-0.15, -0.1) is 13.2 Å². The van der Waals surface area contributed by atoms with Crippen LogP contribution in [0.3, 0.4) is 0 Å². The summed E-state index contributed by atoms with van der Waals surface area (Å²) in [5.41, 5.74) is 12.2. The first kappa shape index (κ1) is 46.3. The zero-order chi connectivity index (χ0) is 31.9. The Balaban J connectivity index is -0.000000351. The number of nitrogens with one attached hydrogen (secondary N) is 2. The van der Waals surface area contributed by atoms with Gasteiger partial charge in [0.05, 0.1) is 37.9 Å². The molecule has 16 N–H and O–H groups in total. The predicted octanol–water partition coefficient (Wildman–Crippen LogP) is 1.74. The Kier molecular flexibility index (Phi) is 28.1. The Morgan fingerprint density at radius 1 is 0.651 bits per heavy atom. The molecule has 2 rings (SSSR count). The average molecular weight is 655 g/mol. The van der Waals surface area contributed by atoms with Crippen molar-refractivity contribution in [1.82, 2.24) is 12.3 Å². The number of ether oxygens (including phenoxy) is 2. The molecule has 0 bridgehead atoms. The lowest BCUT2D eigenvalue weighted by Gasteiger charge is -2.08. The van der Waals surface area contributed by atoms with Crippen LogP contribution >= 0.6 is 0 Å². The van der Waals surface area contributed by atoms with E-state index in [-0.39, 0.29) is 24.0 Å². The highest BCUT2D eigenvalue weighted by atomic mass is 32.2. The fraction of sp³-hybridized carbons (Fsp3) is 0.360. The van der Waals surface area contributed by atoms with E-state index < -0.39 is 45.0 Å². The summed E-state index contributed by atoms with van der Waals surface area (Å²) in [5, 5.41) is 30.4. The van der Waals surface area contributed by atoms with E-state index >= 15 is 0 Å². The second-order valence-corrected chi connectivity index (χ2v) is 10.8. The summed E-state index contributed by atoms with van der Waals surface area (Å²) in [5.74, 6) is 0.531. The van der Waals surface area contributed by atoms with E-state index in [4.69, 9.17) is 51.1 Å². The molecule has 0 fully saturated rings. The quantitative estimate of drug-likeness (QED) is 0.0456. The van der Waals surface area contributed by atoms with Crippen molar-refractivity contribution in [3.8, 4) is 11.5 Å². The number of hydrogen-bond donors (Lipinski definition) is 10. The van der Waals surface area contributed by atoms with Gasteiger partial charge in [0.15, 0.2) is 0 Å². The van der Waals surface area contributed by atoms with Crippen molar-refractivity contribution >= 4 is 31.9 Å². The number of nitrogen functional groups attached to an aromatic ring is 2. The normalized spacial score (nSPS) is 9.86. The minimum Gasteiger partial charge on any atom is -0.494 e. The first-order valence-electron chi connectivity index (χ1n) is 11.9. The molecule has 0 spiro atoms. The van der Waals surface area contributed by atoms with Crippen LogP contribution in [0.25, 0.3) is 0 Å². The van der Waals surface area contributed by atoms with E-state index in [0.29, 0.717) is 24.3 Å². The van der Waals surface area contributed by atoms with Crippen LogP contribution in [-0.4, -0.2) is 85.8 Å². The van der Waals surface area contributed by atoms with E-state index in [1.165, 1.54) is 0 Å². The van der Waals surface area contributed by atoms with Gasteiger partial charge in [0, 0.05) is 11.1 Å². The summed E-state index contributed by atoms with van der Waals surface area (Å²) in [4.78, 5) is 0. The highest BCUT2D eigenvalue weighted by molar-refractivity contribution is 7.86. The lowest BCUT2D eigenvalue weighted by Crippen LogP contribution is -2.10. The number of hydrogen-bond acceptors (Lipinski definition) is 12. The van der Waals surface area contributed by atoms with Gasteiger partial charge in [0.1, 0.15) is 23.2 Å². The number of amidine groups is 2. The molecule has 0 heterocycles. The van der Waals surface area contributed by atoms with Crippen molar-refractivity contribution < 1.29 is 45.6 Å². The Hall–Kier alpha value is -3.62. The molecule has 0 unspecified atom stereocenters. The van der Waals surface area contributed by atoms with Gasteiger partial charge in [-0.2, -0.15) is 16.8 Å². The number of rotatable bonds is 14. The smallest absolute Gasteiger partial charge is 0.267 e. The largest absolute Gasteiger partial charge is 0.494 e. The molecule has 0 aliphatic heterocycles. The molecule has 0 atom stereocenters. The molecule has 43 heavy (non-hydrogen) atoms. The summed E-state index contributed by atoms with van der Waals surface area (Å²) in [6, 6.07) is 14.4. The molecule has 16 nitrogen and oxygen atoms in total. The summed E-state index contributed by atoms with van der Waals surface area (Å²) in [6.07, 6.45) is 2.90. The Morgan fingerprint density at radius 3 is 1.12 bits per heavy atom. The van der Waals surface area contributed by atoms with Crippen LogP contribution < -0.4 is 33.2 Å². The molecule has 0 radical (unpaired) electrons. The molecule has 0 aliphatic carbocycles. The third-order valence-corrected chi connectivity index (χ3v) is 5.75. The minimum absolute atomic E-state index is 0. The molecule has 2 aromatic rings. The van der Waals surface area contributed by atoms with Crippen molar-refractivity contribution in [2.45, 2.75) is 19.3 Å². The van der Waals surface area contributed by atoms with Crippen LogP contribution in [0.5, 0.6) is 11.5 Å². The minimum atomic E-state index is -3.92. The predicted molar refractivity (Wildman–Crippen MR) is 168 cm³/mol. The SMILES string of the molecule is C=C.N.N.N=C(N)c1ccc(OCCCCCOc2ccc(C(=N)N)cc2)cc1.O=S(=O)(O)CCO.O=S(=O)(O)CCO. The van der Waals surface area contributed by atoms with Gasteiger partial charge < -0.3 is 43.5 Å². The van der Waals surface area contributed by atoms with E-state index in [9.17, 15) is 16.8 Å². The lowest BCUT2D eigenvalue weighted by molar-refractivity contribution is 0.279. The number of unbranched alkanes of at least 4 members (excludes halogenated alkanes) is 2. The average Bonchev–Trinajstić information content (AvgIpc) is 2.89. The number of benzene rings is 2. The van der Waals surface area contributed by atoms with E-state index in [1.54, 1.807) is 24.3 Å². The van der Waals surface area contributed by atoms with E-state index in [1.807, 2.05) is 24.3 Å².